The van der Waals surface area contributed by atoms with Crippen molar-refractivity contribution < 1.29 is 4.74 Å². The number of fused-ring (bicyclic) bond motifs is 1. The van der Waals surface area contributed by atoms with Gasteiger partial charge < -0.3 is 10.5 Å². The molecule has 1 aromatic carbocycles. The van der Waals surface area contributed by atoms with E-state index in [2.05, 4.69) is 9.97 Å². The van der Waals surface area contributed by atoms with Gasteiger partial charge in [-0.2, -0.15) is 0 Å². The number of benzene rings is 1. The smallest absolute Gasteiger partial charge is 0.261 e. The fourth-order valence-electron chi connectivity index (χ4n) is 2.29. The Morgan fingerprint density at radius 2 is 2.27 bits per heavy atom. The summed E-state index contributed by atoms with van der Waals surface area (Å²) < 4.78 is 6.79. The number of aryl methyl sites for hydroxylation is 2. The molecule has 3 aromatic rings. The molecule has 0 unspecified atom stereocenters. The molecule has 6 nitrogen and oxygen atoms in total. The Labute approximate surface area is 131 Å². The third kappa shape index (κ3) is 2.94. The van der Waals surface area contributed by atoms with Crippen LogP contribution in [0.3, 0.4) is 0 Å². The summed E-state index contributed by atoms with van der Waals surface area (Å²) >= 11 is 1.43. The fraction of sp³-hybridized carbons (Fsp3) is 0.267. The topological polar surface area (TPSA) is 83.0 Å². The van der Waals surface area contributed by atoms with E-state index >= 15 is 0 Å². The van der Waals surface area contributed by atoms with Crippen molar-refractivity contribution in [3.63, 3.8) is 0 Å². The number of ether oxygens (including phenoxy) is 1. The first-order chi connectivity index (χ1) is 10.7. The summed E-state index contributed by atoms with van der Waals surface area (Å²) in [5.74, 6) is 0.655. The lowest BCUT2D eigenvalue weighted by Crippen LogP contribution is -2.21. The molecule has 0 atom stereocenters. The number of nitrogens with zero attached hydrogens (tertiary/aromatic N) is 3. The standard InChI is InChI=1S/C15H16N4O2S/c1-21-11-4-5-13-12(7-11)14(20)19(9-17-13)6-2-3-10-8-22-15(16)18-10/h4-5,7-9H,2-3,6H2,1H3,(H2,16,18). The van der Waals surface area contributed by atoms with Crippen LogP contribution in [0.2, 0.25) is 0 Å². The number of nitrogens with two attached hydrogens (primary N) is 1. The summed E-state index contributed by atoms with van der Waals surface area (Å²) in [6, 6.07) is 5.31. The quantitative estimate of drug-likeness (QED) is 0.779. The summed E-state index contributed by atoms with van der Waals surface area (Å²) in [7, 11) is 1.58. The first-order valence-corrected chi connectivity index (χ1v) is 7.78. The van der Waals surface area contributed by atoms with Crippen molar-refractivity contribution in [1.29, 1.82) is 0 Å². The van der Waals surface area contributed by atoms with Crippen molar-refractivity contribution >= 4 is 27.4 Å². The second kappa shape index (κ2) is 6.15. The summed E-state index contributed by atoms with van der Waals surface area (Å²) in [5.41, 5.74) is 7.19. The lowest BCUT2D eigenvalue weighted by molar-refractivity contribution is 0.415. The van der Waals surface area contributed by atoms with Crippen LogP contribution in [0, 0.1) is 0 Å². The maximum atomic E-state index is 12.5. The van der Waals surface area contributed by atoms with Gasteiger partial charge in [-0.3, -0.25) is 9.36 Å². The number of thiazole rings is 1. The normalized spacial score (nSPS) is 11.0. The molecule has 0 amide bonds. The van der Waals surface area contributed by atoms with Crippen LogP contribution >= 0.6 is 11.3 Å². The van der Waals surface area contributed by atoms with E-state index in [1.807, 2.05) is 5.38 Å². The van der Waals surface area contributed by atoms with Crippen LogP contribution in [-0.4, -0.2) is 21.6 Å². The molecule has 0 aliphatic heterocycles. The number of anilines is 1. The first kappa shape index (κ1) is 14.5. The molecule has 0 fully saturated rings. The van der Waals surface area contributed by atoms with Crippen LogP contribution < -0.4 is 16.0 Å². The van der Waals surface area contributed by atoms with Gasteiger partial charge in [-0.15, -0.1) is 11.3 Å². The van der Waals surface area contributed by atoms with E-state index in [1.165, 1.54) is 11.3 Å². The van der Waals surface area contributed by atoms with E-state index in [9.17, 15) is 4.79 Å². The Bertz CT molecular complexity index is 856. The Hall–Kier alpha value is -2.41. The SMILES string of the molecule is COc1ccc2ncn(CCCc3csc(N)n3)c(=O)c2c1. The first-order valence-electron chi connectivity index (χ1n) is 6.90. The van der Waals surface area contributed by atoms with E-state index in [-0.39, 0.29) is 5.56 Å². The molecule has 0 aliphatic rings. The zero-order valence-electron chi connectivity index (χ0n) is 12.2. The van der Waals surface area contributed by atoms with Gasteiger partial charge in [-0.1, -0.05) is 0 Å². The van der Waals surface area contributed by atoms with Gasteiger partial charge in [0.1, 0.15) is 5.75 Å². The Morgan fingerprint density at radius 1 is 1.41 bits per heavy atom. The van der Waals surface area contributed by atoms with Crippen molar-refractivity contribution in [3.05, 3.63) is 46.0 Å². The molecule has 2 aromatic heterocycles. The zero-order valence-corrected chi connectivity index (χ0v) is 13.0. The molecule has 0 saturated carbocycles. The highest BCUT2D eigenvalue weighted by molar-refractivity contribution is 7.13. The van der Waals surface area contributed by atoms with E-state index in [4.69, 9.17) is 10.5 Å². The highest BCUT2D eigenvalue weighted by Gasteiger charge is 2.06. The predicted molar refractivity (Wildman–Crippen MR) is 87.4 cm³/mol. The minimum Gasteiger partial charge on any atom is -0.497 e. The molecule has 0 bridgehead atoms. The summed E-state index contributed by atoms with van der Waals surface area (Å²) in [6.07, 6.45) is 3.18. The molecular weight excluding hydrogens is 300 g/mol. The lowest BCUT2D eigenvalue weighted by Gasteiger charge is -2.07. The van der Waals surface area contributed by atoms with Gasteiger partial charge in [-0.25, -0.2) is 9.97 Å². The number of hydrogen-bond acceptors (Lipinski definition) is 6. The molecule has 2 heterocycles. The number of aromatic nitrogens is 3. The van der Waals surface area contributed by atoms with Gasteiger partial charge in [0.05, 0.1) is 30.0 Å². The number of methoxy groups -OCH3 is 1. The van der Waals surface area contributed by atoms with Crippen molar-refractivity contribution in [1.82, 2.24) is 14.5 Å². The Kier molecular flexibility index (Phi) is 4.06. The molecule has 0 spiro atoms. The molecule has 0 radical (unpaired) electrons. The minimum atomic E-state index is -0.0540. The van der Waals surface area contributed by atoms with Gasteiger partial charge in [-0.05, 0) is 31.0 Å². The molecule has 0 aliphatic carbocycles. The van der Waals surface area contributed by atoms with E-state index in [0.717, 1.165) is 18.5 Å². The van der Waals surface area contributed by atoms with Crippen LogP contribution in [0.5, 0.6) is 5.75 Å². The summed E-state index contributed by atoms with van der Waals surface area (Å²) in [6.45, 7) is 0.594. The number of rotatable bonds is 5. The van der Waals surface area contributed by atoms with Crippen LogP contribution in [0.25, 0.3) is 10.9 Å². The van der Waals surface area contributed by atoms with Crippen LogP contribution in [0.4, 0.5) is 5.13 Å². The Balaban J connectivity index is 1.78. The highest BCUT2D eigenvalue weighted by Crippen LogP contribution is 2.16. The van der Waals surface area contributed by atoms with Crippen molar-refractivity contribution in [3.8, 4) is 5.75 Å². The van der Waals surface area contributed by atoms with Crippen molar-refractivity contribution in [2.24, 2.45) is 0 Å². The van der Waals surface area contributed by atoms with Crippen molar-refractivity contribution in [2.75, 3.05) is 12.8 Å². The van der Waals surface area contributed by atoms with Gasteiger partial charge >= 0.3 is 0 Å². The van der Waals surface area contributed by atoms with Gasteiger partial charge in [0.15, 0.2) is 5.13 Å². The van der Waals surface area contributed by atoms with E-state index in [1.54, 1.807) is 36.2 Å². The maximum absolute atomic E-state index is 12.5. The fourth-order valence-corrected chi connectivity index (χ4v) is 2.89. The molecule has 2 N–H and O–H groups in total. The average Bonchev–Trinajstić information content (AvgIpc) is 2.95. The van der Waals surface area contributed by atoms with Gasteiger partial charge in [0.25, 0.3) is 5.56 Å². The van der Waals surface area contributed by atoms with Crippen LogP contribution in [-0.2, 0) is 13.0 Å². The summed E-state index contributed by atoms with van der Waals surface area (Å²) in [4.78, 5) is 21.0. The highest BCUT2D eigenvalue weighted by atomic mass is 32.1. The van der Waals surface area contributed by atoms with Gasteiger partial charge in [0, 0.05) is 11.9 Å². The van der Waals surface area contributed by atoms with Gasteiger partial charge in [0.2, 0.25) is 0 Å². The van der Waals surface area contributed by atoms with Crippen molar-refractivity contribution in [2.45, 2.75) is 19.4 Å². The zero-order chi connectivity index (χ0) is 15.5. The second-order valence-corrected chi connectivity index (χ2v) is 5.80. The Morgan fingerprint density at radius 3 is 3.00 bits per heavy atom. The van der Waals surface area contributed by atoms with E-state index in [0.29, 0.717) is 28.3 Å². The summed E-state index contributed by atoms with van der Waals surface area (Å²) in [5, 5.41) is 3.09. The monoisotopic (exact) mass is 316 g/mol. The van der Waals surface area contributed by atoms with E-state index < -0.39 is 0 Å². The largest absolute Gasteiger partial charge is 0.497 e. The number of nitrogen functional groups attached to an aromatic ring is 1. The molecule has 7 heteroatoms. The molecule has 0 saturated heterocycles. The second-order valence-electron chi connectivity index (χ2n) is 4.91. The molecule has 114 valence electrons. The third-order valence-electron chi connectivity index (χ3n) is 3.43. The lowest BCUT2D eigenvalue weighted by atomic mass is 10.2. The maximum Gasteiger partial charge on any atom is 0.261 e. The third-order valence-corrected chi connectivity index (χ3v) is 4.16. The van der Waals surface area contributed by atoms with Crippen LogP contribution in [0.1, 0.15) is 12.1 Å². The molecule has 22 heavy (non-hydrogen) atoms. The number of hydrogen-bond donors (Lipinski definition) is 1. The predicted octanol–water partition coefficient (Wildman–Crippen LogP) is 2.08. The van der Waals surface area contributed by atoms with Crippen LogP contribution in [0.15, 0.2) is 34.7 Å². The average molecular weight is 316 g/mol. The minimum absolute atomic E-state index is 0.0540. The molecule has 3 rings (SSSR count). The molecular formula is C15H16N4O2S.